The van der Waals surface area contributed by atoms with E-state index in [0.29, 0.717) is 22.9 Å². The molecule has 2 aromatic carbocycles. The van der Waals surface area contributed by atoms with Crippen molar-refractivity contribution in [3.63, 3.8) is 0 Å². The Bertz CT molecular complexity index is 1000. The molecule has 0 atom stereocenters. The average Bonchev–Trinajstić information content (AvgIpc) is 2.63. The van der Waals surface area contributed by atoms with Crippen molar-refractivity contribution >= 4 is 22.4 Å². The second kappa shape index (κ2) is 5.64. The van der Waals surface area contributed by atoms with Gasteiger partial charge in [0.25, 0.3) is 11.5 Å². The molecule has 4 nitrogen and oxygen atoms in total. The zero-order valence-electron chi connectivity index (χ0n) is 13.5. The van der Waals surface area contributed by atoms with Crippen LogP contribution in [0, 0.1) is 0 Å². The number of hydrogen-bond acceptors (Lipinski definition) is 2. The van der Waals surface area contributed by atoms with E-state index in [1.807, 2.05) is 41.3 Å². The molecule has 4 heteroatoms. The summed E-state index contributed by atoms with van der Waals surface area (Å²) in [7, 11) is 1.69. The van der Waals surface area contributed by atoms with Crippen molar-refractivity contribution in [1.29, 1.82) is 0 Å². The predicted octanol–water partition coefficient (Wildman–Crippen LogP) is 3.13. The minimum atomic E-state index is -0.0822. The molecule has 24 heavy (non-hydrogen) atoms. The van der Waals surface area contributed by atoms with Gasteiger partial charge in [0, 0.05) is 36.2 Å². The summed E-state index contributed by atoms with van der Waals surface area (Å²) in [6.07, 6.45) is 3.60. The number of para-hydroxylation sites is 1. The number of anilines is 1. The van der Waals surface area contributed by atoms with Crippen molar-refractivity contribution < 1.29 is 4.79 Å². The lowest BCUT2D eigenvalue weighted by atomic mass is 10.00. The van der Waals surface area contributed by atoms with Crippen LogP contribution in [-0.2, 0) is 13.5 Å². The van der Waals surface area contributed by atoms with E-state index in [-0.39, 0.29) is 11.5 Å². The molecule has 0 aliphatic carbocycles. The molecule has 0 spiro atoms. The lowest BCUT2D eigenvalue weighted by molar-refractivity contribution is 0.0986. The number of pyridine rings is 1. The van der Waals surface area contributed by atoms with Crippen molar-refractivity contribution in [2.24, 2.45) is 7.05 Å². The van der Waals surface area contributed by atoms with E-state index in [9.17, 15) is 9.59 Å². The Morgan fingerprint density at radius 2 is 1.71 bits per heavy atom. The maximum absolute atomic E-state index is 13.3. The van der Waals surface area contributed by atoms with Gasteiger partial charge in [-0.15, -0.1) is 0 Å². The molecule has 4 rings (SSSR count). The van der Waals surface area contributed by atoms with Crippen LogP contribution in [0.2, 0.25) is 0 Å². The lowest BCUT2D eigenvalue weighted by Gasteiger charge is -2.30. The largest absolute Gasteiger partial charge is 0.317 e. The van der Waals surface area contributed by atoms with E-state index in [0.717, 1.165) is 18.5 Å². The van der Waals surface area contributed by atoms with Gasteiger partial charge in [-0.2, -0.15) is 0 Å². The molecular formula is C20H18N2O2. The smallest absolute Gasteiger partial charge is 0.260 e. The molecule has 1 amide bonds. The second-order valence-electron chi connectivity index (χ2n) is 6.19. The SMILES string of the molecule is Cn1cc(C(=O)N2CCCc3ccccc32)c2ccccc2c1=O. The highest BCUT2D eigenvalue weighted by Crippen LogP contribution is 2.29. The van der Waals surface area contributed by atoms with Crippen LogP contribution < -0.4 is 10.5 Å². The first-order chi connectivity index (χ1) is 11.7. The van der Waals surface area contributed by atoms with Crippen LogP contribution in [0.4, 0.5) is 5.69 Å². The molecule has 0 saturated carbocycles. The van der Waals surface area contributed by atoms with Crippen molar-refractivity contribution in [2.45, 2.75) is 12.8 Å². The Balaban J connectivity index is 1.89. The summed E-state index contributed by atoms with van der Waals surface area (Å²) >= 11 is 0. The average molecular weight is 318 g/mol. The summed E-state index contributed by atoms with van der Waals surface area (Å²) in [6.45, 7) is 0.701. The number of carbonyl (C=O) groups excluding carboxylic acids is 1. The number of amides is 1. The highest BCUT2D eigenvalue weighted by atomic mass is 16.2. The summed E-state index contributed by atoms with van der Waals surface area (Å²) in [5.41, 5.74) is 2.67. The molecule has 0 radical (unpaired) electrons. The molecule has 0 fully saturated rings. The van der Waals surface area contributed by atoms with E-state index < -0.39 is 0 Å². The van der Waals surface area contributed by atoms with Crippen molar-refractivity contribution in [2.75, 3.05) is 11.4 Å². The number of aromatic nitrogens is 1. The fourth-order valence-electron chi connectivity index (χ4n) is 3.48. The normalized spacial score (nSPS) is 13.8. The summed E-state index contributed by atoms with van der Waals surface area (Å²) in [5, 5.41) is 1.30. The van der Waals surface area contributed by atoms with Crippen LogP contribution in [0.25, 0.3) is 10.8 Å². The van der Waals surface area contributed by atoms with E-state index in [2.05, 4.69) is 6.07 Å². The second-order valence-corrected chi connectivity index (χ2v) is 6.19. The summed E-state index contributed by atoms with van der Waals surface area (Å²) < 4.78 is 1.49. The van der Waals surface area contributed by atoms with Gasteiger partial charge in [-0.05, 0) is 30.5 Å². The number of fused-ring (bicyclic) bond motifs is 2. The lowest BCUT2D eigenvalue weighted by Crippen LogP contribution is -2.36. The van der Waals surface area contributed by atoms with Gasteiger partial charge in [0.15, 0.2) is 0 Å². The standard InChI is InChI=1S/C20H18N2O2/c1-21-13-17(15-9-3-4-10-16(15)19(21)23)20(24)22-12-6-8-14-7-2-5-11-18(14)22/h2-5,7,9-11,13H,6,8,12H2,1H3. The Morgan fingerprint density at radius 1 is 1.00 bits per heavy atom. The van der Waals surface area contributed by atoms with Crippen LogP contribution in [0.3, 0.4) is 0 Å². The number of aryl methyl sites for hydroxylation is 2. The first-order valence-corrected chi connectivity index (χ1v) is 8.15. The monoisotopic (exact) mass is 318 g/mol. The molecule has 2 heterocycles. The molecule has 3 aromatic rings. The summed E-state index contributed by atoms with van der Waals surface area (Å²) in [5.74, 6) is -0.0473. The number of carbonyl (C=O) groups is 1. The van der Waals surface area contributed by atoms with Crippen LogP contribution in [0.1, 0.15) is 22.3 Å². The molecule has 0 bridgehead atoms. The number of nitrogens with zero attached hydrogens (tertiary/aromatic N) is 2. The number of benzene rings is 2. The van der Waals surface area contributed by atoms with E-state index in [1.54, 1.807) is 19.3 Å². The highest BCUT2D eigenvalue weighted by molar-refractivity contribution is 6.14. The van der Waals surface area contributed by atoms with Gasteiger partial charge in [0.1, 0.15) is 0 Å². The maximum Gasteiger partial charge on any atom is 0.260 e. The minimum absolute atomic E-state index is 0.0473. The molecule has 1 aliphatic rings. The molecule has 0 saturated heterocycles. The maximum atomic E-state index is 13.3. The van der Waals surface area contributed by atoms with E-state index >= 15 is 0 Å². The topological polar surface area (TPSA) is 42.3 Å². The molecule has 0 unspecified atom stereocenters. The summed E-state index contributed by atoms with van der Waals surface area (Å²) in [6, 6.07) is 15.4. The quantitative estimate of drug-likeness (QED) is 0.692. The molecule has 120 valence electrons. The van der Waals surface area contributed by atoms with Crippen molar-refractivity contribution in [3.05, 3.63) is 76.2 Å². The van der Waals surface area contributed by atoms with Crippen molar-refractivity contribution in [3.8, 4) is 0 Å². The third-order valence-electron chi connectivity index (χ3n) is 4.68. The molecular weight excluding hydrogens is 300 g/mol. The Morgan fingerprint density at radius 3 is 2.54 bits per heavy atom. The number of hydrogen-bond donors (Lipinski definition) is 0. The minimum Gasteiger partial charge on any atom is -0.317 e. The van der Waals surface area contributed by atoms with Crippen LogP contribution in [0.15, 0.2) is 59.5 Å². The summed E-state index contributed by atoms with van der Waals surface area (Å²) in [4.78, 5) is 27.4. The Kier molecular flexibility index (Phi) is 3.45. The van der Waals surface area contributed by atoms with Crippen LogP contribution in [-0.4, -0.2) is 17.0 Å². The fraction of sp³-hybridized carbons (Fsp3) is 0.200. The Hall–Kier alpha value is -2.88. The van der Waals surface area contributed by atoms with Gasteiger partial charge in [0.05, 0.1) is 5.56 Å². The zero-order chi connectivity index (χ0) is 16.7. The van der Waals surface area contributed by atoms with Gasteiger partial charge in [-0.3, -0.25) is 9.59 Å². The molecule has 0 N–H and O–H groups in total. The van der Waals surface area contributed by atoms with E-state index in [4.69, 9.17) is 0 Å². The van der Waals surface area contributed by atoms with Gasteiger partial charge in [-0.25, -0.2) is 0 Å². The third-order valence-corrected chi connectivity index (χ3v) is 4.68. The fourth-order valence-corrected chi connectivity index (χ4v) is 3.48. The van der Waals surface area contributed by atoms with Gasteiger partial charge in [0.2, 0.25) is 0 Å². The predicted molar refractivity (Wildman–Crippen MR) is 95.6 cm³/mol. The van der Waals surface area contributed by atoms with E-state index in [1.165, 1.54) is 10.1 Å². The van der Waals surface area contributed by atoms with Crippen LogP contribution in [0.5, 0.6) is 0 Å². The van der Waals surface area contributed by atoms with Crippen molar-refractivity contribution in [1.82, 2.24) is 4.57 Å². The molecule has 1 aromatic heterocycles. The van der Waals surface area contributed by atoms with Crippen LogP contribution >= 0.6 is 0 Å². The molecule has 1 aliphatic heterocycles. The first-order valence-electron chi connectivity index (χ1n) is 8.15. The third kappa shape index (κ3) is 2.22. The zero-order valence-corrected chi connectivity index (χ0v) is 13.5. The first kappa shape index (κ1) is 14.7. The highest BCUT2D eigenvalue weighted by Gasteiger charge is 2.25. The van der Waals surface area contributed by atoms with Gasteiger partial charge in [-0.1, -0.05) is 36.4 Å². The van der Waals surface area contributed by atoms with Gasteiger partial charge < -0.3 is 9.47 Å². The number of rotatable bonds is 1. The van der Waals surface area contributed by atoms with Gasteiger partial charge >= 0.3 is 0 Å². The Labute approximate surface area is 140 Å².